The van der Waals surface area contributed by atoms with Crippen LogP contribution in [0.15, 0.2) is 34.2 Å². The molecule has 25 heavy (non-hydrogen) atoms. The number of amides is 1. The van der Waals surface area contributed by atoms with Gasteiger partial charge in [0.1, 0.15) is 0 Å². The molecule has 0 bridgehead atoms. The number of primary amides is 1. The summed E-state index contributed by atoms with van der Waals surface area (Å²) in [5.41, 5.74) is 5.82. The number of morpholine rings is 1. The molecular formula is C17H22N4O3S. The van der Waals surface area contributed by atoms with E-state index < -0.39 is 5.91 Å². The molecular weight excluding hydrogens is 340 g/mol. The zero-order valence-corrected chi connectivity index (χ0v) is 14.8. The van der Waals surface area contributed by atoms with Crippen molar-refractivity contribution < 1.29 is 9.53 Å². The Balaban J connectivity index is 1.80. The summed E-state index contributed by atoms with van der Waals surface area (Å²) in [4.78, 5) is 30.8. The first-order valence-corrected chi connectivity index (χ1v) is 9.34. The van der Waals surface area contributed by atoms with Crippen LogP contribution in [0.4, 0.5) is 0 Å². The zero-order valence-electron chi connectivity index (χ0n) is 14.0. The van der Waals surface area contributed by atoms with Gasteiger partial charge in [0.05, 0.1) is 29.9 Å². The van der Waals surface area contributed by atoms with Gasteiger partial charge in [0.25, 0.3) is 5.56 Å². The van der Waals surface area contributed by atoms with Gasteiger partial charge >= 0.3 is 0 Å². The first kappa shape index (κ1) is 17.9. The Bertz CT molecular complexity index is 802. The molecule has 2 N–H and O–H groups in total. The Labute approximate surface area is 150 Å². The van der Waals surface area contributed by atoms with Crippen molar-refractivity contribution in [2.75, 3.05) is 38.6 Å². The summed E-state index contributed by atoms with van der Waals surface area (Å²) in [5, 5.41) is 1.14. The lowest BCUT2D eigenvalue weighted by Gasteiger charge is -2.26. The highest BCUT2D eigenvalue weighted by molar-refractivity contribution is 7.99. The molecule has 3 rings (SSSR count). The molecule has 1 saturated heterocycles. The van der Waals surface area contributed by atoms with Crippen LogP contribution < -0.4 is 11.3 Å². The van der Waals surface area contributed by atoms with Gasteiger partial charge in [0.15, 0.2) is 5.16 Å². The van der Waals surface area contributed by atoms with E-state index in [-0.39, 0.29) is 11.3 Å². The number of aromatic nitrogens is 2. The SMILES string of the molecule is NC(=O)CSc1nc2ccccc2c(=O)n1CCCN1CCOCC1. The number of benzene rings is 1. The van der Waals surface area contributed by atoms with Crippen LogP contribution in [0.5, 0.6) is 0 Å². The van der Waals surface area contributed by atoms with Crippen molar-refractivity contribution in [3.05, 3.63) is 34.6 Å². The molecule has 0 atom stereocenters. The highest BCUT2D eigenvalue weighted by Gasteiger charge is 2.14. The van der Waals surface area contributed by atoms with E-state index in [0.717, 1.165) is 39.3 Å². The predicted molar refractivity (Wildman–Crippen MR) is 97.8 cm³/mol. The van der Waals surface area contributed by atoms with Crippen LogP contribution in [-0.4, -0.2) is 59.0 Å². The largest absolute Gasteiger partial charge is 0.379 e. The molecule has 0 spiro atoms. The number of rotatable bonds is 7. The fourth-order valence-corrected chi connectivity index (χ4v) is 3.63. The van der Waals surface area contributed by atoms with E-state index in [1.54, 1.807) is 10.6 Å². The molecule has 0 radical (unpaired) electrons. The van der Waals surface area contributed by atoms with Gasteiger partial charge in [-0.2, -0.15) is 0 Å². The van der Waals surface area contributed by atoms with Gasteiger partial charge in [0.2, 0.25) is 5.91 Å². The third-order valence-corrected chi connectivity index (χ3v) is 5.13. The minimum atomic E-state index is -0.424. The summed E-state index contributed by atoms with van der Waals surface area (Å²) in [5.74, 6) is -0.318. The normalized spacial score (nSPS) is 15.5. The van der Waals surface area contributed by atoms with Crippen molar-refractivity contribution >= 4 is 28.6 Å². The minimum Gasteiger partial charge on any atom is -0.379 e. The quantitative estimate of drug-likeness (QED) is 0.576. The van der Waals surface area contributed by atoms with E-state index in [1.165, 1.54) is 11.8 Å². The maximum absolute atomic E-state index is 12.8. The first-order chi connectivity index (χ1) is 12.1. The van der Waals surface area contributed by atoms with Crippen molar-refractivity contribution in [2.45, 2.75) is 18.1 Å². The number of fused-ring (bicyclic) bond motifs is 1. The van der Waals surface area contributed by atoms with Crippen molar-refractivity contribution in [1.82, 2.24) is 14.5 Å². The zero-order chi connectivity index (χ0) is 17.6. The van der Waals surface area contributed by atoms with E-state index in [2.05, 4.69) is 9.88 Å². The van der Waals surface area contributed by atoms with Gasteiger partial charge in [-0.05, 0) is 18.6 Å². The van der Waals surface area contributed by atoms with Crippen LogP contribution in [0, 0.1) is 0 Å². The van der Waals surface area contributed by atoms with Gasteiger partial charge in [-0.15, -0.1) is 0 Å². The number of hydrogen-bond donors (Lipinski definition) is 1. The first-order valence-electron chi connectivity index (χ1n) is 8.36. The van der Waals surface area contributed by atoms with Gasteiger partial charge in [0, 0.05) is 26.2 Å². The van der Waals surface area contributed by atoms with Gasteiger partial charge in [-0.25, -0.2) is 4.98 Å². The maximum Gasteiger partial charge on any atom is 0.262 e. The average Bonchev–Trinajstić information content (AvgIpc) is 2.63. The molecule has 1 aliphatic rings. The summed E-state index contributed by atoms with van der Waals surface area (Å²) in [7, 11) is 0. The molecule has 1 aromatic carbocycles. The summed E-state index contributed by atoms with van der Waals surface area (Å²) in [6.45, 7) is 4.84. The fourth-order valence-electron chi connectivity index (χ4n) is 2.87. The Morgan fingerprint density at radius 1 is 1.24 bits per heavy atom. The molecule has 1 aromatic heterocycles. The van der Waals surface area contributed by atoms with Crippen LogP contribution in [0.3, 0.4) is 0 Å². The lowest BCUT2D eigenvalue weighted by atomic mass is 10.2. The number of hydrogen-bond acceptors (Lipinski definition) is 6. The van der Waals surface area contributed by atoms with E-state index in [0.29, 0.717) is 22.6 Å². The number of ether oxygens (including phenoxy) is 1. The van der Waals surface area contributed by atoms with Crippen LogP contribution in [0.2, 0.25) is 0 Å². The summed E-state index contributed by atoms with van der Waals surface area (Å²) in [6.07, 6.45) is 0.837. The molecule has 2 heterocycles. The molecule has 1 aliphatic heterocycles. The van der Waals surface area contributed by atoms with E-state index >= 15 is 0 Å². The van der Waals surface area contributed by atoms with Gasteiger partial charge in [-0.3, -0.25) is 19.1 Å². The van der Waals surface area contributed by atoms with Crippen molar-refractivity contribution in [1.29, 1.82) is 0 Å². The molecule has 7 nitrogen and oxygen atoms in total. The van der Waals surface area contributed by atoms with E-state index in [9.17, 15) is 9.59 Å². The van der Waals surface area contributed by atoms with Crippen LogP contribution in [-0.2, 0) is 16.1 Å². The highest BCUT2D eigenvalue weighted by atomic mass is 32.2. The highest BCUT2D eigenvalue weighted by Crippen LogP contribution is 2.18. The summed E-state index contributed by atoms with van der Waals surface area (Å²) >= 11 is 1.21. The van der Waals surface area contributed by atoms with Gasteiger partial charge < -0.3 is 10.5 Å². The number of nitrogens with two attached hydrogens (primary N) is 1. The molecule has 134 valence electrons. The van der Waals surface area contributed by atoms with Crippen molar-refractivity contribution in [3.8, 4) is 0 Å². The van der Waals surface area contributed by atoms with Crippen LogP contribution in [0.25, 0.3) is 10.9 Å². The Morgan fingerprint density at radius 2 is 2.00 bits per heavy atom. The molecule has 0 aliphatic carbocycles. The van der Waals surface area contributed by atoms with Gasteiger partial charge in [-0.1, -0.05) is 23.9 Å². The second-order valence-electron chi connectivity index (χ2n) is 5.93. The fraction of sp³-hybridized carbons (Fsp3) is 0.471. The van der Waals surface area contributed by atoms with Crippen LogP contribution in [0.1, 0.15) is 6.42 Å². The Kier molecular flexibility index (Phi) is 6.06. The average molecular weight is 362 g/mol. The Hall–Kier alpha value is -1.90. The third kappa shape index (κ3) is 4.59. The lowest BCUT2D eigenvalue weighted by molar-refractivity contribution is -0.115. The molecule has 8 heteroatoms. The second kappa shape index (κ2) is 8.46. The number of thioether (sulfide) groups is 1. The predicted octanol–water partition coefficient (Wildman–Crippen LogP) is 0.696. The minimum absolute atomic E-state index is 0.0699. The number of carbonyl (C=O) groups is 1. The Morgan fingerprint density at radius 3 is 2.76 bits per heavy atom. The van der Waals surface area contributed by atoms with E-state index in [4.69, 9.17) is 10.5 Å². The van der Waals surface area contributed by atoms with Crippen molar-refractivity contribution in [3.63, 3.8) is 0 Å². The molecule has 0 unspecified atom stereocenters. The molecule has 1 fully saturated rings. The standard InChI is InChI=1S/C17H22N4O3S/c18-15(22)12-25-17-19-14-5-2-1-4-13(14)16(23)21(17)7-3-6-20-8-10-24-11-9-20/h1-2,4-5H,3,6-12H2,(H2,18,22). The monoisotopic (exact) mass is 362 g/mol. The number of para-hydroxylation sites is 1. The lowest BCUT2D eigenvalue weighted by Crippen LogP contribution is -2.37. The van der Waals surface area contributed by atoms with E-state index in [1.807, 2.05) is 18.2 Å². The smallest absolute Gasteiger partial charge is 0.262 e. The van der Waals surface area contributed by atoms with Crippen LogP contribution >= 0.6 is 11.8 Å². The maximum atomic E-state index is 12.8. The third-order valence-electron chi connectivity index (χ3n) is 4.13. The topological polar surface area (TPSA) is 90.5 Å². The summed E-state index contributed by atoms with van der Waals surface area (Å²) in [6, 6.07) is 7.27. The number of nitrogens with zero attached hydrogens (tertiary/aromatic N) is 3. The molecule has 1 amide bonds. The number of carbonyl (C=O) groups excluding carboxylic acids is 1. The summed E-state index contributed by atoms with van der Waals surface area (Å²) < 4.78 is 7.01. The second-order valence-corrected chi connectivity index (χ2v) is 6.87. The van der Waals surface area contributed by atoms with Crippen molar-refractivity contribution in [2.24, 2.45) is 5.73 Å². The molecule has 2 aromatic rings. The molecule has 0 saturated carbocycles.